The van der Waals surface area contributed by atoms with Gasteiger partial charge in [-0.3, -0.25) is 4.57 Å². The molecule has 0 aliphatic rings. The van der Waals surface area contributed by atoms with E-state index in [1.807, 2.05) is 61.5 Å². The van der Waals surface area contributed by atoms with E-state index in [0.717, 1.165) is 61.0 Å². The normalized spacial score (nSPS) is 11.4. The van der Waals surface area contributed by atoms with Crippen LogP contribution in [0.25, 0.3) is 60.9 Å². The van der Waals surface area contributed by atoms with Gasteiger partial charge >= 0.3 is 0 Å². The van der Waals surface area contributed by atoms with Gasteiger partial charge in [0, 0.05) is 33.9 Å². The molecule has 8 rings (SSSR count). The SMILES string of the molecule is Cc1ccc(O)c2nc(Oc3ccc4c5ccccc5n(-c5cc(-c6ccccc6)cc(-c6ccccc6)n5)c4c3)ccc12. The van der Waals surface area contributed by atoms with Crippen LogP contribution in [0, 0.1) is 6.92 Å². The molecule has 3 aromatic heterocycles. The molecule has 1 N–H and O–H groups in total. The van der Waals surface area contributed by atoms with E-state index in [4.69, 9.17) is 9.72 Å². The molecule has 0 saturated heterocycles. The number of phenols is 1. The van der Waals surface area contributed by atoms with E-state index < -0.39 is 0 Å². The molecule has 8 aromatic rings. The van der Waals surface area contributed by atoms with Crippen molar-refractivity contribution in [1.29, 1.82) is 0 Å². The summed E-state index contributed by atoms with van der Waals surface area (Å²) in [6.45, 7) is 2.00. The van der Waals surface area contributed by atoms with Crippen molar-refractivity contribution in [2.24, 2.45) is 0 Å². The van der Waals surface area contributed by atoms with E-state index >= 15 is 0 Å². The fourth-order valence-corrected chi connectivity index (χ4v) is 5.95. The van der Waals surface area contributed by atoms with Crippen molar-refractivity contribution in [2.45, 2.75) is 6.92 Å². The highest BCUT2D eigenvalue weighted by Gasteiger charge is 2.17. The number of aromatic nitrogens is 3. The second-order valence-corrected chi connectivity index (χ2v) is 10.9. The lowest BCUT2D eigenvalue weighted by atomic mass is 10.0. The Hall–Kier alpha value is -5.94. The fourth-order valence-electron chi connectivity index (χ4n) is 5.95. The van der Waals surface area contributed by atoms with Gasteiger partial charge in [0.1, 0.15) is 22.8 Å². The summed E-state index contributed by atoms with van der Waals surface area (Å²) in [7, 11) is 0. The zero-order chi connectivity index (χ0) is 29.6. The van der Waals surface area contributed by atoms with Crippen molar-refractivity contribution in [1.82, 2.24) is 14.5 Å². The van der Waals surface area contributed by atoms with Crippen LogP contribution in [0.5, 0.6) is 17.4 Å². The van der Waals surface area contributed by atoms with Crippen molar-refractivity contribution >= 4 is 32.7 Å². The highest BCUT2D eigenvalue weighted by Crippen LogP contribution is 2.37. The molecule has 0 fully saturated rings. The third-order valence-electron chi connectivity index (χ3n) is 8.11. The maximum absolute atomic E-state index is 10.5. The monoisotopic (exact) mass is 569 g/mol. The molecule has 0 unspecified atom stereocenters. The molecule has 0 saturated carbocycles. The van der Waals surface area contributed by atoms with Gasteiger partial charge in [-0.1, -0.05) is 84.9 Å². The molecule has 0 radical (unpaired) electrons. The summed E-state index contributed by atoms with van der Waals surface area (Å²) in [5, 5.41) is 13.6. The summed E-state index contributed by atoms with van der Waals surface area (Å²) in [4.78, 5) is 9.85. The number of hydrogen-bond donors (Lipinski definition) is 1. The Bertz CT molecular complexity index is 2270. The van der Waals surface area contributed by atoms with Crippen LogP contribution in [0.15, 0.2) is 140 Å². The molecule has 0 bridgehead atoms. The lowest BCUT2D eigenvalue weighted by molar-refractivity contribution is 0.460. The first-order valence-corrected chi connectivity index (χ1v) is 14.6. The minimum atomic E-state index is 0.130. The summed E-state index contributed by atoms with van der Waals surface area (Å²) < 4.78 is 8.51. The van der Waals surface area contributed by atoms with E-state index in [1.54, 1.807) is 6.07 Å². The number of phenolic OH excluding ortho intramolecular Hbond substituents is 1. The standard InChI is InChI=1S/C39H27N3O2/c1-25-16-20-36(43)39-30(25)19-21-38(41-39)44-29-17-18-32-31-14-8-9-15-34(31)42(35(32)24-29)37-23-28(26-10-4-2-5-11-26)22-33(40-37)27-12-6-3-7-13-27/h2-24,43H,1H3. The minimum Gasteiger partial charge on any atom is -0.506 e. The molecule has 5 aromatic carbocycles. The van der Waals surface area contributed by atoms with Gasteiger partial charge in [-0.15, -0.1) is 0 Å². The van der Waals surface area contributed by atoms with E-state index in [0.29, 0.717) is 17.1 Å². The number of nitrogens with zero attached hydrogens (tertiary/aromatic N) is 3. The summed E-state index contributed by atoms with van der Waals surface area (Å²) >= 11 is 0. The van der Waals surface area contributed by atoms with Gasteiger partial charge in [0.05, 0.1) is 16.7 Å². The average molecular weight is 570 g/mol. The number of benzene rings is 5. The van der Waals surface area contributed by atoms with Gasteiger partial charge < -0.3 is 9.84 Å². The van der Waals surface area contributed by atoms with Crippen LogP contribution in [0.2, 0.25) is 0 Å². The second kappa shape index (κ2) is 10.4. The van der Waals surface area contributed by atoms with E-state index in [2.05, 4.69) is 88.4 Å². The molecule has 5 heteroatoms. The molecular weight excluding hydrogens is 542 g/mol. The van der Waals surface area contributed by atoms with Gasteiger partial charge in [0.15, 0.2) is 0 Å². The fraction of sp³-hybridized carbons (Fsp3) is 0.0256. The van der Waals surface area contributed by atoms with Gasteiger partial charge in [0.25, 0.3) is 0 Å². The number of aromatic hydroxyl groups is 1. The molecule has 44 heavy (non-hydrogen) atoms. The zero-order valence-electron chi connectivity index (χ0n) is 24.0. The van der Waals surface area contributed by atoms with Crippen LogP contribution in [0.3, 0.4) is 0 Å². The summed E-state index contributed by atoms with van der Waals surface area (Å²) in [6, 6.07) is 46.8. The lowest BCUT2D eigenvalue weighted by Crippen LogP contribution is -2.00. The smallest absolute Gasteiger partial charge is 0.219 e. The summed E-state index contributed by atoms with van der Waals surface area (Å²) in [5.74, 6) is 2.00. The van der Waals surface area contributed by atoms with Crippen molar-refractivity contribution in [3.8, 4) is 45.6 Å². The number of aryl methyl sites for hydroxylation is 1. The first-order valence-electron chi connectivity index (χ1n) is 14.6. The van der Waals surface area contributed by atoms with Crippen molar-refractivity contribution in [3.63, 3.8) is 0 Å². The van der Waals surface area contributed by atoms with Crippen molar-refractivity contribution < 1.29 is 9.84 Å². The topological polar surface area (TPSA) is 60.2 Å². The number of fused-ring (bicyclic) bond motifs is 4. The van der Waals surface area contributed by atoms with Crippen LogP contribution in [-0.2, 0) is 0 Å². The Balaban J connectivity index is 1.32. The number of para-hydroxylation sites is 1. The maximum atomic E-state index is 10.5. The average Bonchev–Trinajstić information content (AvgIpc) is 3.41. The largest absolute Gasteiger partial charge is 0.506 e. The third kappa shape index (κ3) is 4.43. The summed E-state index contributed by atoms with van der Waals surface area (Å²) in [6.07, 6.45) is 0. The first-order chi connectivity index (χ1) is 21.6. The highest BCUT2D eigenvalue weighted by atomic mass is 16.5. The minimum absolute atomic E-state index is 0.130. The van der Waals surface area contributed by atoms with Gasteiger partial charge in [-0.25, -0.2) is 9.97 Å². The van der Waals surface area contributed by atoms with Crippen molar-refractivity contribution in [3.05, 3.63) is 145 Å². The summed E-state index contributed by atoms with van der Waals surface area (Å²) in [5.41, 5.74) is 7.76. The number of ether oxygens (including phenoxy) is 1. The number of hydrogen-bond acceptors (Lipinski definition) is 4. The predicted molar refractivity (Wildman–Crippen MR) is 178 cm³/mol. The van der Waals surface area contributed by atoms with E-state index in [1.165, 1.54) is 0 Å². The Morgan fingerprint density at radius 2 is 1.27 bits per heavy atom. The molecule has 0 amide bonds. The molecule has 0 spiro atoms. The van der Waals surface area contributed by atoms with Crippen LogP contribution in [-0.4, -0.2) is 19.6 Å². The Morgan fingerprint density at radius 1 is 0.568 bits per heavy atom. The highest BCUT2D eigenvalue weighted by molar-refractivity contribution is 6.09. The Kier molecular flexibility index (Phi) is 6.09. The second-order valence-electron chi connectivity index (χ2n) is 10.9. The molecule has 5 nitrogen and oxygen atoms in total. The molecular formula is C39H27N3O2. The molecule has 3 heterocycles. The van der Waals surface area contributed by atoms with E-state index in [-0.39, 0.29) is 5.75 Å². The lowest BCUT2D eigenvalue weighted by Gasteiger charge is -2.13. The molecule has 0 aliphatic carbocycles. The van der Waals surface area contributed by atoms with Gasteiger partial charge in [-0.2, -0.15) is 0 Å². The first kappa shape index (κ1) is 25.7. The molecule has 0 aliphatic heterocycles. The van der Waals surface area contributed by atoms with Crippen LogP contribution < -0.4 is 4.74 Å². The van der Waals surface area contributed by atoms with Gasteiger partial charge in [-0.05, 0) is 66.1 Å². The van der Waals surface area contributed by atoms with Crippen molar-refractivity contribution in [2.75, 3.05) is 0 Å². The number of rotatable bonds is 5. The van der Waals surface area contributed by atoms with Crippen LogP contribution in [0.4, 0.5) is 0 Å². The third-order valence-corrected chi connectivity index (χ3v) is 8.11. The maximum Gasteiger partial charge on any atom is 0.219 e. The van der Waals surface area contributed by atoms with Crippen LogP contribution in [0.1, 0.15) is 5.56 Å². The molecule has 0 atom stereocenters. The van der Waals surface area contributed by atoms with E-state index in [9.17, 15) is 5.11 Å². The number of pyridine rings is 2. The van der Waals surface area contributed by atoms with Crippen LogP contribution >= 0.6 is 0 Å². The predicted octanol–water partition coefficient (Wildman–Crippen LogP) is 9.87. The Morgan fingerprint density at radius 3 is 2.09 bits per heavy atom. The quantitative estimate of drug-likeness (QED) is 0.224. The zero-order valence-corrected chi connectivity index (χ0v) is 24.0. The van der Waals surface area contributed by atoms with Gasteiger partial charge in [0.2, 0.25) is 5.88 Å². The Labute approximate surface area is 254 Å². The molecule has 210 valence electrons.